The third-order valence-corrected chi connectivity index (χ3v) is 3.36. The Morgan fingerprint density at radius 2 is 2.22 bits per heavy atom. The number of carbonyl (C=O) groups excluding carboxylic acids is 1. The summed E-state index contributed by atoms with van der Waals surface area (Å²) in [6.45, 7) is 5.84. The topological polar surface area (TPSA) is 54.0 Å². The number of nitrogens with zero attached hydrogens (tertiary/aromatic N) is 2. The maximum Gasteiger partial charge on any atom is 0.236 e. The lowest BCUT2D eigenvalue weighted by molar-refractivity contribution is -0.146. The molecule has 0 aliphatic carbocycles. The largest absolute Gasteiger partial charge is 0.355 e. The molecule has 2 saturated heterocycles. The van der Waals surface area contributed by atoms with Crippen LogP contribution in [0.25, 0.3) is 0 Å². The van der Waals surface area contributed by atoms with Gasteiger partial charge in [-0.05, 0) is 13.5 Å². The third-order valence-electron chi connectivity index (χ3n) is 3.36. The first kappa shape index (κ1) is 13.7. The van der Waals surface area contributed by atoms with Crippen molar-refractivity contribution in [2.75, 3.05) is 59.7 Å². The molecular formula is C12H23N3O3. The standard InChI is InChI=1S/C12H23N3O3/c1-14(8-11-2-7-17-10-18-11)9-12(16)15-5-3-13-4-6-15/h11,13H,2-10H2,1H3. The summed E-state index contributed by atoms with van der Waals surface area (Å²) in [6, 6.07) is 0. The summed E-state index contributed by atoms with van der Waals surface area (Å²) in [5.74, 6) is 0.214. The Morgan fingerprint density at radius 3 is 2.89 bits per heavy atom. The van der Waals surface area contributed by atoms with E-state index in [4.69, 9.17) is 9.47 Å². The summed E-state index contributed by atoms with van der Waals surface area (Å²) in [5, 5.41) is 3.25. The maximum absolute atomic E-state index is 12.0. The number of amides is 1. The zero-order valence-corrected chi connectivity index (χ0v) is 11.1. The molecule has 0 bridgehead atoms. The van der Waals surface area contributed by atoms with Gasteiger partial charge in [0.1, 0.15) is 6.79 Å². The van der Waals surface area contributed by atoms with Crippen LogP contribution in [-0.4, -0.2) is 81.5 Å². The summed E-state index contributed by atoms with van der Waals surface area (Å²) in [4.78, 5) is 16.0. The fourth-order valence-electron chi connectivity index (χ4n) is 2.30. The van der Waals surface area contributed by atoms with E-state index in [1.807, 2.05) is 16.8 Å². The first-order chi connectivity index (χ1) is 8.75. The van der Waals surface area contributed by atoms with E-state index in [0.717, 1.165) is 45.8 Å². The lowest BCUT2D eigenvalue weighted by Gasteiger charge is -2.31. The van der Waals surface area contributed by atoms with Crippen LogP contribution in [0.1, 0.15) is 6.42 Å². The molecule has 2 rings (SSSR count). The molecule has 1 N–H and O–H groups in total. The van der Waals surface area contributed by atoms with Crippen molar-refractivity contribution in [3.8, 4) is 0 Å². The summed E-state index contributed by atoms with van der Waals surface area (Å²) in [7, 11) is 1.97. The molecule has 2 fully saturated rings. The highest BCUT2D eigenvalue weighted by molar-refractivity contribution is 5.78. The normalized spacial score (nSPS) is 25.4. The molecule has 1 unspecified atom stereocenters. The molecule has 0 aromatic carbocycles. The molecule has 0 saturated carbocycles. The van der Waals surface area contributed by atoms with Crippen molar-refractivity contribution >= 4 is 5.91 Å². The zero-order chi connectivity index (χ0) is 12.8. The SMILES string of the molecule is CN(CC(=O)N1CCNCC1)CC1CCOCO1. The lowest BCUT2D eigenvalue weighted by Crippen LogP contribution is -2.50. The Bertz CT molecular complexity index is 263. The molecule has 0 aromatic heterocycles. The Morgan fingerprint density at radius 1 is 1.44 bits per heavy atom. The van der Waals surface area contributed by atoms with E-state index in [2.05, 4.69) is 5.32 Å². The van der Waals surface area contributed by atoms with Crippen LogP contribution in [0.2, 0.25) is 0 Å². The number of rotatable bonds is 4. The Labute approximate surface area is 108 Å². The van der Waals surface area contributed by atoms with Crippen LogP contribution < -0.4 is 5.32 Å². The van der Waals surface area contributed by atoms with E-state index in [0.29, 0.717) is 13.3 Å². The summed E-state index contributed by atoms with van der Waals surface area (Å²) < 4.78 is 10.6. The average Bonchev–Trinajstić information content (AvgIpc) is 2.40. The predicted octanol–water partition coefficient (Wildman–Crippen LogP) is -0.887. The zero-order valence-electron chi connectivity index (χ0n) is 11.1. The third kappa shape index (κ3) is 4.20. The lowest BCUT2D eigenvalue weighted by atomic mass is 10.2. The molecule has 104 valence electrons. The fraction of sp³-hybridized carbons (Fsp3) is 0.917. The summed E-state index contributed by atoms with van der Waals surface area (Å²) in [5.41, 5.74) is 0. The van der Waals surface area contributed by atoms with Crippen LogP contribution in [0.4, 0.5) is 0 Å². The Balaban J connectivity index is 1.68. The second-order valence-corrected chi connectivity index (χ2v) is 4.93. The molecule has 1 amide bonds. The number of ether oxygens (including phenoxy) is 2. The highest BCUT2D eigenvalue weighted by Gasteiger charge is 2.20. The molecule has 1 atom stereocenters. The van der Waals surface area contributed by atoms with Crippen molar-refractivity contribution in [3.63, 3.8) is 0 Å². The van der Waals surface area contributed by atoms with Crippen molar-refractivity contribution in [2.45, 2.75) is 12.5 Å². The first-order valence-electron chi connectivity index (χ1n) is 6.62. The van der Waals surface area contributed by atoms with Gasteiger partial charge in [-0.1, -0.05) is 0 Å². The van der Waals surface area contributed by atoms with E-state index in [1.54, 1.807) is 0 Å². The van der Waals surface area contributed by atoms with E-state index in [1.165, 1.54) is 0 Å². The Hall–Kier alpha value is -0.690. The van der Waals surface area contributed by atoms with Gasteiger partial charge in [0.15, 0.2) is 0 Å². The van der Waals surface area contributed by atoms with Gasteiger partial charge < -0.3 is 19.7 Å². The molecular weight excluding hydrogens is 234 g/mol. The van der Waals surface area contributed by atoms with Crippen molar-refractivity contribution in [1.82, 2.24) is 15.1 Å². The molecule has 0 spiro atoms. The van der Waals surface area contributed by atoms with E-state index < -0.39 is 0 Å². The highest BCUT2D eigenvalue weighted by Crippen LogP contribution is 2.07. The van der Waals surface area contributed by atoms with Gasteiger partial charge in [0.05, 0.1) is 19.3 Å². The van der Waals surface area contributed by atoms with Gasteiger partial charge in [-0.3, -0.25) is 9.69 Å². The summed E-state index contributed by atoms with van der Waals surface area (Å²) >= 11 is 0. The number of piperazine rings is 1. The number of hydrogen-bond acceptors (Lipinski definition) is 5. The van der Waals surface area contributed by atoms with Crippen LogP contribution in [0, 0.1) is 0 Å². The van der Waals surface area contributed by atoms with Crippen LogP contribution in [0.15, 0.2) is 0 Å². The average molecular weight is 257 g/mol. The van der Waals surface area contributed by atoms with Crippen LogP contribution in [0.3, 0.4) is 0 Å². The van der Waals surface area contributed by atoms with Crippen LogP contribution in [0.5, 0.6) is 0 Å². The smallest absolute Gasteiger partial charge is 0.236 e. The molecule has 0 aromatic rings. The van der Waals surface area contributed by atoms with Gasteiger partial charge in [0.25, 0.3) is 0 Å². The van der Waals surface area contributed by atoms with E-state index in [-0.39, 0.29) is 12.0 Å². The van der Waals surface area contributed by atoms with Crippen molar-refractivity contribution in [3.05, 3.63) is 0 Å². The maximum atomic E-state index is 12.0. The molecule has 2 aliphatic rings. The Kier molecular flexibility index (Phi) is 5.37. The van der Waals surface area contributed by atoms with Gasteiger partial charge in [0, 0.05) is 32.7 Å². The van der Waals surface area contributed by atoms with Crippen molar-refractivity contribution < 1.29 is 14.3 Å². The van der Waals surface area contributed by atoms with Gasteiger partial charge in [-0.15, -0.1) is 0 Å². The number of likely N-dealkylation sites (N-methyl/N-ethyl adjacent to an activating group) is 1. The second-order valence-electron chi connectivity index (χ2n) is 4.93. The number of carbonyl (C=O) groups is 1. The molecule has 6 heteroatoms. The number of hydrogen-bond donors (Lipinski definition) is 1. The second kappa shape index (κ2) is 7.04. The monoisotopic (exact) mass is 257 g/mol. The first-order valence-corrected chi connectivity index (χ1v) is 6.62. The number of nitrogens with one attached hydrogen (secondary N) is 1. The van der Waals surface area contributed by atoms with Crippen LogP contribution >= 0.6 is 0 Å². The van der Waals surface area contributed by atoms with Crippen molar-refractivity contribution in [2.24, 2.45) is 0 Å². The molecule has 6 nitrogen and oxygen atoms in total. The van der Waals surface area contributed by atoms with Crippen molar-refractivity contribution in [1.29, 1.82) is 0 Å². The molecule has 2 heterocycles. The minimum Gasteiger partial charge on any atom is -0.355 e. The quantitative estimate of drug-likeness (QED) is 0.708. The summed E-state index contributed by atoms with van der Waals surface area (Å²) in [6.07, 6.45) is 1.10. The highest BCUT2D eigenvalue weighted by atomic mass is 16.7. The van der Waals surface area contributed by atoms with Gasteiger partial charge in [0.2, 0.25) is 5.91 Å². The van der Waals surface area contributed by atoms with Gasteiger partial charge in [-0.2, -0.15) is 0 Å². The fourth-order valence-corrected chi connectivity index (χ4v) is 2.30. The van der Waals surface area contributed by atoms with Gasteiger partial charge >= 0.3 is 0 Å². The van der Waals surface area contributed by atoms with E-state index in [9.17, 15) is 4.79 Å². The predicted molar refractivity (Wildman–Crippen MR) is 67.3 cm³/mol. The van der Waals surface area contributed by atoms with E-state index >= 15 is 0 Å². The molecule has 18 heavy (non-hydrogen) atoms. The van der Waals surface area contributed by atoms with Crippen LogP contribution in [-0.2, 0) is 14.3 Å². The van der Waals surface area contributed by atoms with Gasteiger partial charge in [-0.25, -0.2) is 0 Å². The minimum atomic E-state index is 0.194. The molecule has 0 radical (unpaired) electrons. The molecule has 2 aliphatic heterocycles. The minimum absolute atomic E-state index is 0.194.